The number of fused-ring (bicyclic) bond motifs is 1. The monoisotopic (exact) mass is 282 g/mol. The Morgan fingerprint density at radius 3 is 2.85 bits per heavy atom. The highest BCUT2D eigenvalue weighted by Gasteiger charge is 2.02. The van der Waals surface area contributed by atoms with Crippen molar-refractivity contribution >= 4 is 38.1 Å². The zero-order chi connectivity index (χ0) is 13.9. The Bertz CT molecular complexity index is 743. The van der Waals surface area contributed by atoms with Crippen LogP contribution < -0.4 is 11.2 Å². The van der Waals surface area contributed by atoms with Gasteiger partial charge in [-0.1, -0.05) is 35.6 Å². The van der Waals surface area contributed by atoms with Gasteiger partial charge in [0.05, 0.1) is 15.9 Å². The fraction of sp³-hybridized carbons (Fsp3) is 0.0667. The van der Waals surface area contributed by atoms with Gasteiger partial charge in [-0.05, 0) is 36.8 Å². The van der Waals surface area contributed by atoms with Gasteiger partial charge in [0.15, 0.2) is 0 Å². The van der Waals surface area contributed by atoms with Crippen LogP contribution in [0.1, 0.15) is 12.5 Å². The Morgan fingerprint density at radius 1 is 1.20 bits per heavy atom. The van der Waals surface area contributed by atoms with Crippen molar-refractivity contribution in [2.24, 2.45) is 5.10 Å². The van der Waals surface area contributed by atoms with Crippen LogP contribution in [0.15, 0.2) is 53.6 Å². The molecular weight excluding hydrogens is 268 g/mol. The topological polar surface area (TPSA) is 63.3 Å². The number of hydrogen-bond donors (Lipinski definition) is 2. The summed E-state index contributed by atoms with van der Waals surface area (Å²) < 4.78 is 1.15. The van der Waals surface area contributed by atoms with Gasteiger partial charge in [0.25, 0.3) is 0 Å². The number of thiazole rings is 1. The van der Waals surface area contributed by atoms with Crippen molar-refractivity contribution in [2.75, 3.05) is 11.2 Å². The summed E-state index contributed by atoms with van der Waals surface area (Å²) in [5.74, 6) is 0. The minimum Gasteiger partial charge on any atom is -0.399 e. The predicted octanol–water partition coefficient (Wildman–Crippen LogP) is 3.71. The number of nitrogen functional groups attached to an aromatic ring is 1. The van der Waals surface area contributed by atoms with Gasteiger partial charge in [-0.15, -0.1) is 0 Å². The van der Waals surface area contributed by atoms with E-state index in [1.165, 1.54) is 0 Å². The lowest BCUT2D eigenvalue weighted by Crippen LogP contribution is -2.00. The summed E-state index contributed by atoms with van der Waals surface area (Å²) >= 11 is 1.58. The van der Waals surface area contributed by atoms with Crippen molar-refractivity contribution in [3.05, 3.63) is 54.1 Å². The zero-order valence-electron chi connectivity index (χ0n) is 11.0. The largest absolute Gasteiger partial charge is 0.399 e. The summed E-state index contributed by atoms with van der Waals surface area (Å²) in [7, 11) is 0. The Balaban J connectivity index is 1.82. The van der Waals surface area contributed by atoms with E-state index in [2.05, 4.69) is 15.5 Å². The lowest BCUT2D eigenvalue weighted by atomic mass is 10.1. The number of para-hydroxylation sites is 1. The molecule has 0 saturated heterocycles. The summed E-state index contributed by atoms with van der Waals surface area (Å²) in [6, 6.07) is 15.7. The van der Waals surface area contributed by atoms with Crippen LogP contribution in [0.2, 0.25) is 0 Å². The summed E-state index contributed by atoms with van der Waals surface area (Å²) in [4.78, 5) is 4.47. The smallest absolute Gasteiger partial charge is 0.204 e. The molecule has 5 heteroatoms. The average molecular weight is 282 g/mol. The van der Waals surface area contributed by atoms with Gasteiger partial charge < -0.3 is 5.73 Å². The van der Waals surface area contributed by atoms with Crippen molar-refractivity contribution in [1.29, 1.82) is 0 Å². The molecule has 100 valence electrons. The highest BCUT2D eigenvalue weighted by Crippen LogP contribution is 2.25. The molecule has 0 fully saturated rings. The first-order valence-corrected chi connectivity index (χ1v) is 7.06. The normalized spacial score (nSPS) is 11.8. The molecule has 0 aliphatic heterocycles. The first-order valence-electron chi connectivity index (χ1n) is 6.24. The van der Waals surface area contributed by atoms with Crippen LogP contribution in [0.4, 0.5) is 10.8 Å². The predicted molar refractivity (Wildman–Crippen MR) is 86.3 cm³/mol. The molecule has 0 atom stereocenters. The SMILES string of the molecule is CC(=NNc1nc2ccccc2s1)c1cccc(N)c1. The summed E-state index contributed by atoms with van der Waals surface area (Å²) in [6.07, 6.45) is 0. The van der Waals surface area contributed by atoms with Crippen molar-refractivity contribution < 1.29 is 0 Å². The van der Waals surface area contributed by atoms with Gasteiger partial charge in [0.2, 0.25) is 5.13 Å². The van der Waals surface area contributed by atoms with Crippen LogP contribution in [-0.4, -0.2) is 10.7 Å². The van der Waals surface area contributed by atoms with E-state index in [0.717, 1.165) is 32.3 Å². The molecule has 3 rings (SSSR count). The second kappa shape index (κ2) is 5.30. The molecule has 3 N–H and O–H groups in total. The van der Waals surface area contributed by atoms with Crippen LogP contribution in [0.5, 0.6) is 0 Å². The quantitative estimate of drug-likeness (QED) is 0.437. The van der Waals surface area contributed by atoms with E-state index in [1.807, 2.05) is 55.5 Å². The van der Waals surface area contributed by atoms with Gasteiger partial charge >= 0.3 is 0 Å². The van der Waals surface area contributed by atoms with E-state index in [0.29, 0.717) is 0 Å². The Kier molecular flexibility index (Phi) is 3.35. The summed E-state index contributed by atoms with van der Waals surface area (Å²) in [6.45, 7) is 1.94. The van der Waals surface area contributed by atoms with Gasteiger partial charge in [-0.3, -0.25) is 5.43 Å². The molecule has 20 heavy (non-hydrogen) atoms. The van der Waals surface area contributed by atoms with Crippen LogP contribution in [-0.2, 0) is 0 Å². The molecule has 0 radical (unpaired) electrons. The van der Waals surface area contributed by atoms with E-state index in [9.17, 15) is 0 Å². The summed E-state index contributed by atoms with van der Waals surface area (Å²) in [5, 5.41) is 5.15. The molecule has 0 spiro atoms. The number of nitrogens with zero attached hydrogens (tertiary/aromatic N) is 2. The van der Waals surface area contributed by atoms with Crippen molar-refractivity contribution in [3.63, 3.8) is 0 Å². The fourth-order valence-corrected chi connectivity index (χ4v) is 2.69. The molecular formula is C15H14N4S. The van der Waals surface area contributed by atoms with Gasteiger partial charge in [0, 0.05) is 5.69 Å². The van der Waals surface area contributed by atoms with Crippen LogP contribution in [0.25, 0.3) is 10.2 Å². The highest BCUT2D eigenvalue weighted by atomic mass is 32.1. The van der Waals surface area contributed by atoms with E-state index >= 15 is 0 Å². The number of hydrazone groups is 1. The van der Waals surface area contributed by atoms with Crippen LogP contribution in [0.3, 0.4) is 0 Å². The van der Waals surface area contributed by atoms with E-state index in [4.69, 9.17) is 5.73 Å². The molecule has 0 aliphatic carbocycles. The Labute approximate surface area is 121 Å². The molecule has 3 aromatic rings. The second-order valence-corrected chi connectivity index (χ2v) is 5.45. The van der Waals surface area contributed by atoms with Crippen LogP contribution in [0, 0.1) is 0 Å². The summed E-state index contributed by atoms with van der Waals surface area (Å²) in [5.41, 5.74) is 12.4. The molecule has 1 aromatic heterocycles. The molecule has 4 nitrogen and oxygen atoms in total. The first-order chi connectivity index (χ1) is 9.72. The lowest BCUT2D eigenvalue weighted by molar-refractivity contribution is 1.29. The minimum absolute atomic E-state index is 0.733. The molecule has 0 bridgehead atoms. The minimum atomic E-state index is 0.733. The Hall–Kier alpha value is -2.40. The molecule has 2 aromatic carbocycles. The number of nitrogens with one attached hydrogen (secondary N) is 1. The third-order valence-electron chi connectivity index (χ3n) is 2.92. The van der Waals surface area contributed by atoms with Crippen molar-refractivity contribution in [3.8, 4) is 0 Å². The standard InChI is InChI=1S/C15H14N4S/c1-10(11-5-4-6-12(16)9-11)18-19-15-17-13-7-2-3-8-14(13)20-15/h2-9H,16H2,1H3,(H,17,19). The maximum Gasteiger partial charge on any atom is 0.204 e. The third-order valence-corrected chi connectivity index (χ3v) is 3.86. The number of aromatic nitrogens is 1. The van der Waals surface area contributed by atoms with Gasteiger partial charge in [-0.25, -0.2) is 4.98 Å². The van der Waals surface area contributed by atoms with E-state index in [-0.39, 0.29) is 0 Å². The molecule has 0 amide bonds. The average Bonchev–Trinajstić information content (AvgIpc) is 2.87. The van der Waals surface area contributed by atoms with Crippen LogP contribution >= 0.6 is 11.3 Å². The highest BCUT2D eigenvalue weighted by molar-refractivity contribution is 7.22. The molecule has 0 unspecified atom stereocenters. The molecule has 0 aliphatic rings. The molecule has 0 saturated carbocycles. The number of hydrogen-bond acceptors (Lipinski definition) is 5. The number of rotatable bonds is 3. The number of nitrogens with two attached hydrogens (primary N) is 1. The number of anilines is 2. The lowest BCUT2D eigenvalue weighted by Gasteiger charge is -2.02. The van der Waals surface area contributed by atoms with E-state index in [1.54, 1.807) is 11.3 Å². The molecule has 1 heterocycles. The second-order valence-electron chi connectivity index (χ2n) is 4.42. The van der Waals surface area contributed by atoms with Crippen molar-refractivity contribution in [2.45, 2.75) is 6.92 Å². The van der Waals surface area contributed by atoms with Crippen molar-refractivity contribution in [1.82, 2.24) is 4.98 Å². The maximum absolute atomic E-state index is 5.77. The first kappa shape index (κ1) is 12.6. The van der Waals surface area contributed by atoms with E-state index < -0.39 is 0 Å². The zero-order valence-corrected chi connectivity index (χ0v) is 11.8. The third kappa shape index (κ3) is 2.62. The fourth-order valence-electron chi connectivity index (χ4n) is 1.88. The van der Waals surface area contributed by atoms with Gasteiger partial charge in [-0.2, -0.15) is 5.10 Å². The van der Waals surface area contributed by atoms with Gasteiger partial charge in [0.1, 0.15) is 0 Å². The Morgan fingerprint density at radius 2 is 2.05 bits per heavy atom. The maximum atomic E-state index is 5.77. The number of benzene rings is 2.